The van der Waals surface area contributed by atoms with Gasteiger partial charge in [0, 0.05) is 24.4 Å². The van der Waals surface area contributed by atoms with Crippen molar-refractivity contribution < 1.29 is 8.42 Å². The Morgan fingerprint density at radius 2 is 2.16 bits per heavy atom. The molecule has 1 saturated heterocycles. The fourth-order valence-electron chi connectivity index (χ4n) is 2.98. The van der Waals surface area contributed by atoms with Crippen molar-refractivity contribution in [3.05, 3.63) is 0 Å². The van der Waals surface area contributed by atoms with Crippen molar-refractivity contribution >= 4 is 22.0 Å². The van der Waals surface area contributed by atoms with Crippen LogP contribution in [0.1, 0.15) is 32.1 Å². The molecule has 2 rings (SSSR count). The Bertz CT molecular complexity index is 388. The molecule has 0 aromatic heterocycles. The van der Waals surface area contributed by atoms with E-state index in [2.05, 4.69) is 11.0 Å². The molecular formula is C12H25N3O2S2. The summed E-state index contributed by atoms with van der Waals surface area (Å²) in [5.74, 6) is 0.313. The standard InChI is InChI=1S/C12H25N3O2S2/c1-18-12-5-4-11(7-12)14-19(16,17)15-6-2-3-10(8-13)9-15/h10-12,14H,2-9,13H2,1H3. The Kier molecular flexibility index (Phi) is 5.54. The number of nitrogens with one attached hydrogen (secondary N) is 1. The van der Waals surface area contributed by atoms with Crippen molar-refractivity contribution in [2.45, 2.75) is 43.4 Å². The lowest BCUT2D eigenvalue weighted by Crippen LogP contribution is -2.49. The average Bonchev–Trinajstić information content (AvgIpc) is 2.85. The number of hydrogen-bond donors (Lipinski definition) is 2. The van der Waals surface area contributed by atoms with Crippen molar-refractivity contribution in [1.29, 1.82) is 0 Å². The first-order chi connectivity index (χ1) is 9.05. The third kappa shape index (κ3) is 4.07. The van der Waals surface area contributed by atoms with E-state index in [1.54, 1.807) is 4.31 Å². The van der Waals surface area contributed by atoms with Crippen molar-refractivity contribution in [3.8, 4) is 0 Å². The molecule has 19 heavy (non-hydrogen) atoms. The summed E-state index contributed by atoms with van der Waals surface area (Å²) >= 11 is 1.84. The van der Waals surface area contributed by atoms with E-state index in [1.807, 2.05) is 11.8 Å². The second-order valence-corrected chi connectivity index (χ2v) is 8.43. The summed E-state index contributed by atoms with van der Waals surface area (Å²) < 4.78 is 29.2. The molecule has 0 spiro atoms. The lowest BCUT2D eigenvalue weighted by atomic mass is 10.0. The van der Waals surface area contributed by atoms with E-state index in [1.165, 1.54) is 0 Å². The van der Waals surface area contributed by atoms with Gasteiger partial charge < -0.3 is 5.73 Å². The van der Waals surface area contributed by atoms with Crippen LogP contribution in [0.5, 0.6) is 0 Å². The lowest BCUT2D eigenvalue weighted by Gasteiger charge is -2.32. The SMILES string of the molecule is CSC1CCC(NS(=O)(=O)N2CCCC(CN)C2)C1. The van der Waals surface area contributed by atoms with E-state index in [0.717, 1.165) is 32.1 Å². The molecule has 0 radical (unpaired) electrons. The van der Waals surface area contributed by atoms with Crippen LogP contribution in [0, 0.1) is 5.92 Å². The van der Waals surface area contributed by atoms with E-state index in [9.17, 15) is 8.42 Å². The minimum absolute atomic E-state index is 0.112. The molecule has 7 heteroatoms. The minimum Gasteiger partial charge on any atom is -0.330 e. The molecule has 1 aliphatic carbocycles. The number of nitrogens with zero attached hydrogens (tertiary/aromatic N) is 1. The van der Waals surface area contributed by atoms with Gasteiger partial charge in [-0.1, -0.05) is 0 Å². The maximum atomic E-state index is 12.4. The van der Waals surface area contributed by atoms with Crippen LogP contribution in [0.3, 0.4) is 0 Å². The topological polar surface area (TPSA) is 75.4 Å². The maximum Gasteiger partial charge on any atom is 0.279 e. The van der Waals surface area contributed by atoms with E-state index in [-0.39, 0.29) is 6.04 Å². The van der Waals surface area contributed by atoms with Crippen LogP contribution in [0.15, 0.2) is 0 Å². The zero-order chi connectivity index (χ0) is 13.9. The average molecular weight is 307 g/mol. The molecule has 3 unspecified atom stereocenters. The smallest absolute Gasteiger partial charge is 0.279 e. The van der Waals surface area contributed by atoms with Crippen LogP contribution < -0.4 is 10.5 Å². The molecule has 112 valence electrons. The van der Waals surface area contributed by atoms with Gasteiger partial charge in [-0.05, 0) is 50.8 Å². The van der Waals surface area contributed by atoms with E-state index in [0.29, 0.717) is 30.8 Å². The van der Waals surface area contributed by atoms with Gasteiger partial charge >= 0.3 is 0 Å². The van der Waals surface area contributed by atoms with Gasteiger partial charge in [0.05, 0.1) is 0 Å². The molecule has 3 atom stereocenters. The summed E-state index contributed by atoms with van der Waals surface area (Å²) in [7, 11) is -3.32. The van der Waals surface area contributed by atoms with Crippen molar-refractivity contribution in [3.63, 3.8) is 0 Å². The summed E-state index contributed by atoms with van der Waals surface area (Å²) in [5, 5.41) is 0.603. The molecule has 3 N–H and O–H groups in total. The molecule has 0 amide bonds. The molecule has 0 aromatic carbocycles. The Labute approximate surface area is 120 Å². The second-order valence-electron chi connectivity index (χ2n) is 5.59. The Morgan fingerprint density at radius 1 is 1.37 bits per heavy atom. The highest BCUT2D eigenvalue weighted by atomic mass is 32.2. The van der Waals surface area contributed by atoms with Gasteiger partial charge in [-0.2, -0.15) is 29.2 Å². The van der Waals surface area contributed by atoms with E-state index < -0.39 is 10.2 Å². The normalized spacial score (nSPS) is 33.7. The highest BCUT2D eigenvalue weighted by molar-refractivity contribution is 7.99. The molecule has 2 fully saturated rings. The fourth-order valence-corrected chi connectivity index (χ4v) is 5.34. The van der Waals surface area contributed by atoms with Crippen LogP contribution in [0.4, 0.5) is 0 Å². The first kappa shape index (κ1) is 15.6. The number of nitrogens with two attached hydrogens (primary N) is 1. The Hall–Kier alpha value is 0.180. The van der Waals surface area contributed by atoms with Gasteiger partial charge in [0.1, 0.15) is 0 Å². The summed E-state index contributed by atoms with van der Waals surface area (Å²) in [5.41, 5.74) is 5.66. The summed E-state index contributed by atoms with van der Waals surface area (Å²) in [4.78, 5) is 0. The Balaban J connectivity index is 1.91. The minimum atomic E-state index is -3.32. The van der Waals surface area contributed by atoms with Gasteiger partial charge in [-0.3, -0.25) is 0 Å². The number of thioether (sulfide) groups is 1. The Morgan fingerprint density at radius 3 is 2.79 bits per heavy atom. The quantitative estimate of drug-likeness (QED) is 0.787. The van der Waals surface area contributed by atoms with Gasteiger partial charge in [0.25, 0.3) is 10.2 Å². The van der Waals surface area contributed by atoms with Crippen LogP contribution in [0.25, 0.3) is 0 Å². The fraction of sp³-hybridized carbons (Fsp3) is 1.00. The summed E-state index contributed by atoms with van der Waals surface area (Å²) in [6, 6.07) is 0.112. The maximum absolute atomic E-state index is 12.4. The monoisotopic (exact) mass is 307 g/mol. The lowest BCUT2D eigenvalue weighted by molar-refractivity contribution is 0.267. The highest BCUT2D eigenvalue weighted by Gasteiger charge is 2.32. The summed E-state index contributed by atoms with van der Waals surface area (Å²) in [6.45, 7) is 1.78. The first-order valence-electron chi connectivity index (χ1n) is 7.05. The van der Waals surface area contributed by atoms with Crippen molar-refractivity contribution in [1.82, 2.24) is 9.03 Å². The van der Waals surface area contributed by atoms with Gasteiger partial charge in [-0.25, -0.2) is 0 Å². The van der Waals surface area contributed by atoms with Crippen LogP contribution in [-0.2, 0) is 10.2 Å². The first-order valence-corrected chi connectivity index (χ1v) is 9.78. The molecular weight excluding hydrogens is 282 g/mol. The van der Waals surface area contributed by atoms with Crippen LogP contribution in [0.2, 0.25) is 0 Å². The van der Waals surface area contributed by atoms with E-state index in [4.69, 9.17) is 5.73 Å². The predicted octanol–water partition coefficient (Wildman–Crippen LogP) is 0.776. The zero-order valence-corrected chi connectivity index (χ0v) is 13.2. The molecule has 1 aliphatic heterocycles. The molecule has 2 aliphatic rings. The van der Waals surface area contributed by atoms with Gasteiger partial charge in [-0.15, -0.1) is 0 Å². The molecule has 1 saturated carbocycles. The predicted molar refractivity (Wildman–Crippen MR) is 80.3 cm³/mol. The van der Waals surface area contributed by atoms with Crippen LogP contribution in [-0.4, -0.2) is 49.9 Å². The number of hydrogen-bond acceptors (Lipinski definition) is 4. The molecule has 1 heterocycles. The third-order valence-corrected chi connectivity index (χ3v) is 6.93. The number of rotatable bonds is 5. The van der Waals surface area contributed by atoms with Crippen molar-refractivity contribution in [2.24, 2.45) is 11.7 Å². The van der Waals surface area contributed by atoms with Gasteiger partial charge in [0.15, 0.2) is 0 Å². The third-order valence-electron chi connectivity index (χ3n) is 4.19. The highest BCUT2D eigenvalue weighted by Crippen LogP contribution is 2.29. The number of piperidine rings is 1. The molecule has 0 bridgehead atoms. The molecule has 0 aromatic rings. The van der Waals surface area contributed by atoms with Crippen LogP contribution >= 0.6 is 11.8 Å². The summed E-state index contributed by atoms with van der Waals surface area (Å²) in [6.07, 6.45) is 7.08. The largest absolute Gasteiger partial charge is 0.330 e. The van der Waals surface area contributed by atoms with E-state index >= 15 is 0 Å². The zero-order valence-electron chi connectivity index (χ0n) is 11.5. The van der Waals surface area contributed by atoms with Crippen molar-refractivity contribution in [2.75, 3.05) is 25.9 Å². The molecule has 5 nitrogen and oxygen atoms in total. The second kappa shape index (κ2) is 6.76. The van der Waals surface area contributed by atoms with Gasteiger partial charge in [0.2, 0.25) is 0 Å².